The average molecular weight is 399 g/mol. The summed E-state index contributed by atoms with van der Waals surface area (Å²) in [5.41, 5.74) is 1.66. The molecule has 2 aromatic rings. The lowest BCUT2D eigenvalue weighted by Crippen LogP contribution is -2.13. The zero-order chi connectivity index (χ0) is 19.7. The molecule has 0 saturated carbocycles. The Kier molecular flexibility index (Phi) is 5.61. The molecule has 1 aromatic heterocycles. The van der Waals surface area contributed by atoms with E-state index in [1.165, 1.54) is 0 Å². The normalized spacial score (nSPS) is 12.3. The first-order chi connectivity index (χ1) is 11.9. The molecular weight excluding hydrogens is 387 g/mol. The molecule has 0 bridgehead atoms. The van der Waals surface area contributed by atoms with E-state index in [1.54, 1.807) is 0 Å². The van der Waals surface area contributed by atoms with Gasteiger partial charge >= 0.3 is 12.4 Å². The molecule has 0 aliphatic rings. The molecule has 2 N–H and O–H groups in total. The van der Waals surface area contributed by atoms with Crippen molar-refractivity contribution in [1.82, 2.24) is 4.98 Å². The van der Waals surface area contributed by atoms with Gasteiger partial charge in [0.05, 0.1) is 16.8 Å². The topological polar surface area (TPSA) is 42.1 Å². The zero-order valence-corrected chi connectivity index (χ0v) is 13.8. The second kappa shape index (κ2) is 7.23. The summed E-state index contributed by atoms with van der Waals surface area (Å²) in [7, 11) is 0. The van der Waals surface area contributed by atoms with Crippen molar-refractivity contribution in [2.24, 2.45) is 5.73 Å². The minimum atomic E-state index is -4.98. The SMILES string of the molecule is C=C(CCN)N(F)c1nc(-c2cc(C(F)(F)F)cc(C(F)(F)F)c2)cs1. The van der Waals surface area contributed by atoms with Gasteiger partial charge in [0.1, 0.15) is 0 Å². The molecule has 0 atom stereocenters. The van der Waals surface area contributed by atoms with Crippen molar-refractivity contribution in [3.8, 4) is 11.3 Å². The van der Waals surface area contributed by atoms with Crippen molar-refractivity contribution in [1.29, 1.82) is 0 Å². The molecular formula is C15H12F7N3S. The van der Waals surface area contributed by atoms with E-state index >= 15 is 0 Å². The highest BCUT2D eigenvalue weighted by atomic mass is 32.1. The first-order valence-corrected chi connectivity index (χ1v) is 7.90. The maximum absolute atomic E-state index is 14.0. The van der Waals surface area contributed by atoms with Crippen LogP contribution in [-0.2, 0) is 12.4 Å². The number of nitrogens with zero attached hydrogens (tertiary/aromatic N) is 2. The van der Waals surface area contributed by atoms with Gasteiger partial charge in [-0.1, -0.05) is 11.1 Å². The average Bonchev–Trinajstić information content (AvgIpc) is 3.02. The fourth-order valence-corrected chi connectivity index (χ4v) is 2.77. The van der Waals surface area contributed by atoms with E-state index in [0.717, 1.165) is 5.38 Å². The fourth-order valence-electron chi connectivity index (χ4n) is 1.99. The van der Waals surface area contributed by atoms with Gasteiger partial charge in [-0.25, -0.2) is 4.98 Å². The summed E-state index contributed by atoms with van der Waals surface area (Å²) in [5, 5.41) is 0.983. The minimum Gasteiger partial charge on any atom is -0.330 e. The van der Waals surface area contributed by atoms with Gasteiger partial charge in [-0.05, 0) is 24.7 Å². The van der Waals surface area contributed by atoms with E-state index in [2.05, 4.69) is 11.6 Å². The number of thiazole rings is 1. The van der Waals surface area contributed by atoms with Gasteiger partial charge in [0.15, 0.2) is 0 Å². The van der Waals surface area contributed by atoms with E-state index in [1.807, 2.05) is 0 Å². The summed E-state index contributed by atoms with van der Waals surface area (Å²) in [4.78, 5) is 3.76. The van der Waals surface area contributed by atoms with Crippen molar-refractivity contribution in [2.45, 2.75) is 18.8 Å². The molecule has 0 radical (unpaired) electrons. The highest BCUT2D eigenvalue weighted by Crippen LogP contribution is 2.39. The van der Waals surface area contributed by atoms with E-state index < -0.39 is 29.0 Å². The Labute approximate surface area is 147 Å². The highest BCUT2D eigenvalue weighted by Gasteiger charge is 2.37. The third kappa shape index (κ3) is 4.52. The summed E-state index contributed by atoms with van der Waals surface area (Å²) < 4.78 is 91.4. The number of halogens is 7. The third-order valence-corrected chi connectivity index (χ3v) is 4.06. The second-order valence-electron chi connectivity index (χ2n) is 5.20. The van der Waals surface area contributed by atoms with Crippen LogP contribution >= 0.6 is 11.3 Å². The summed E-state index contributed by atoms with van der Waals surface area (Å²) in [6.45, 7) is 3.55. The van der Waals surface area contributed by atoms with Gasteiger partial charge in [-0.15, -0.1) is 11.3 Å². The largest absolute Gasteiger partial charge is 0.416 e. The monoisotopic (exact) mass is 399 g/mol. The van der Waals surface area contributed by atoms with Crippen molar-refractivity contribution in [3.63, 3.8) is 0 Å². The van der Waals surface area contributed by atoms with Crippen LogP contribution in [0, 0.1) is 0 Å². The maximum atomic E-state index is 14.0. The summed E-state index contributed by atoms with van der Waals surface area (Å²) in [5.74, 6) is 0. The quantitative estimate of drug-likeness (QED) is 0.541. The van der Waals surface area contributed by atoms with E-state index in [9.17, 15) is 30.8 Å². The predicted octanol–water partition coefficient (Wildman–Crippen LogP) is 5.40. The Bertz CT molecular complexity index is 763. The van der Waals surface area contributed by atoms with Crippen LogP contribution in [0.15, 0.2) is 35.9 Å². The summed E-state index contributed by atoms with van der Waals surface area (Å²) in [6.07, 6.45) is -9.85. The van der Waals surface area contributed by atoms with Crippen molar-refractivity contribution in [3.05, 3.63) is 47.0 Å². The van der Waals surface area contributed by atoms with E-state index in [0.29, 0.717) is 23.5 Å². The number of hydrogen-bond acceptors (Lipinski definition) is 4. The Hall–Kier alpha value is -2.14. The number of benzene rings is 1. The number of hydrogen-bond donors (Lipinski definition) is 1. The van der Waals surface area contributed by atoms with Gasteiger partial charge < -0.3 is 5.73 Å². The molecule has 0 aliphatic heterocycles. The molecule has 3 nitrogen and oxygen atoms in total. The lowest BCUT2D eigenvalue weighted by atomic mass is 10.0. The van der Waals surface area contributed by atoms with Crippen LogP contribution in [0.2, 0.25) is 0 Å². The Morgan fingerprint density at radius 1 is 1.08 bits per heavy atom. The van der Waals surface area contributed by atoms with Crippen LogP contribution in [0.5, 0.6) is 0 Å². The smallest absolute Gasteiger partial charge is 0.330 e. The first kappa shape index (κ1) is 20.2. The Morgan fingerprint density at radius 2 is 1.62 bits per heavy atom. The number of alkyl halides is 6. The number of aromatic nitrogens is 1. The van der Waals surface area contributed by atoms with Crippen LogP contribution in [0.25, 0.3) is 11.3 Å². The van der Waals surface area contributed by atoms with Crippen LogP contribution in [0.3, 0.4) is 0 Å². The third-order valence-electron chi connectivity index (χ3n) is 3.25. The molecule has 11 heteroatoms. The Morgan fingerprint density at radius 3 is 2.08 bits per heavy atom. The molecule has 1 heterocycles. The van der Waals surface area contributed by atoms with Gasteiger partial charge in [0, 0.05) is 23.1 Å². The van der Waals surface area contributed by atoms with E-state index in [4.69, 9.17) is 5.73 Å². The molecule has 0 aliphatic carbocycles. The molecule has 0 fully saturated rings. The standard InChI is InChI=1S/C15H12F7N3S/c1-8(2-3-23)25(22)13-24-12(7-26-13)9-4-10(14(16,17)18)6-11(5-9)15(19,20)21/h4-7H,1-3,23H2. The zero-order valence-electron chi connectivity index (χ0n) is 13.0. The molecule has 0 saturated heterocycles. The number of rotatable bonds is 5. The van der Waals surface area contributed by atoms with Gasteiger partial charge in [-0.2, -0.15) is 31.5 Å². The van der Waals surface area contributed by atoms with Gasteiger partial charge in [0.2, 0.25) is 5.13 Å². The van der Waals surface area contributed by atoms with Crippen molar-refractivity contribution < 1.29 is 30.8 Å². The van der Waals surface area contributed by atoms with Crippen molar-refractivity contribution in [2.75, 3.05) is 11.7 Å². The van der Waals surface area contributed by atoms with Crippen LogP contribution in [0.1, 0.15) is 17.5 Å². The molecule has 0 amide bonds. The molecule has 142 valence electrons. The second-order valence-corrected chi connectivity index (χ2v) is 6.03. The minimum absolute atomic E-state index is 0.0152. The fraction of sp³-hybridized carbons (Fsp3) is 0.267. The van der Waals surface area contributed by atoms with Crippen LogP contribution in [-0.4, -0.2) is 11.5 Å². The van der Waals surface area contributed by atoms with E-state index in [-0.39, 0.29) is 40.7 Å². The molecule has 0 spiro atoms. The number of nitrogens with two attached hydrogens (primary N) is 1. The summed E-state index contributed by atoms with van der Waals surface area (Å²) >= 11 is 0.709. The van der Waals surface area contributed by atoms with Gasteiger partial charge in [-0.3, -0.25) is 0 Å². The predicted molar refractivity (Wildman–Crippen MR) is 84.0 cm³/mol. The Balaban J connectivity index is 2.47. The molecule has 2 rings (SSSR count). The molecule has 26 heavy (non-hydrogen) atoms. The van der Waals surface area contributed by atoms with Crippen LogP contribution in [0.4, 0.5) is 36.0 Å². The molecule has 0 unspecified atom stereocenters. The highest BCUT2D eigenvalue weighted by molar-refractivity contribution is 7.14. The van der Waals surface area contributed by atoms with Crippen molar-refractivity contribution >= 4 is 16.5 Å². The maximum Gasteiger partial charge on any atom is 0.416 e. The lowest BCUT2D eigenvalue weighted by Gasteiger charge is -2.14. The number of anilines is 1. The summed E-state index contributed by atoms with van der Waals surface area (Å²) in [6, 6.07) is 1.08. The lowest BCUT2D eigenvalue weighted by molar-refractivity contribution is -0.143. The first-order valence-electron chi connectivity index (χ1n) is 7.02. The van der Waals surface area contributed by atoms with Gasteiger partial charge in [0.25, 0.3) is 0 Å². The molecule has 1 aromatic carbocycles. The van der Waals surface area contributed by atoms with Crippen LogP contribution < -0.4 is 10.9 Å².